The average Bonchev–Trinajstić information content (AvgIpc) is 3.47. The zero-order chi connectivity index (χ0) is 19.3. The van der Waals surface area contributed by atoms with Gasteiger partial charge in [0.15, 0.2) is 6.04 Å². The molecule has 2 fully saturated rings. The number of likely N-dealkylation sites (tertiary alicyclic amines) is 1. The van der Waals surface area contributed by atoms with Gasteiger partial charge in [0.05, 0.1) is 17.8 Å². The molecule has 0 saturated carbocycles. The number of anilines is 1. The van der Waals surface area contributed by atoms with Crippen LogP contribution in [-0.4, -0.2) is 44.9 Å². The van der Waals surface area contributed by atoms with Gasteiger partial charge in [-0.1, -0.05) is 6.07 Å². The lowest BCUT2D eigenvalue weighted by atomic mass is 10.0. The minimum atomic E-state index is -4.31. The smallest absolute Gasteiger partial charge is 0.363 e. The Kier molecular flexibility index (Phi) is 4.87. The van der Waals surface area contributed by atoms with E-state index in [9.17, 15) is 13.2 Å². The Morgan fingerprint density at radius 1 is 1.25 bits per heavy atom. The van der Waals surface area contributed by atoms with Crippen molar-refractivity contribution < 1.29 is 13.2 Å². The summed E-state index contributed by atoms with van der Waals surface area (Å²) in [6.45, 7) is 1.02. The molecule has 28 heavy (non-hydrogen) atoms. The molecular formula is C19H23F3N4S2. The third kappa shape index (κ3) is 3.35. The molecule has 2 aromatic heterocycles. The molecule has 3 aliphatic rings. The van der Waals surface area contributed by atoms with Gasteiger partial charge in [-0.3, -0.25) is 4.90 Å². The Morgan fingerprint density at radius 3 is 2.86 bits per heavy atom. The summed E-state index contributed by atoms with van der Waals surface area (Å²) in [6.07, 6.45) is -1.11. The summed E-state index contributed by atoms with van der Waals surface area (Å²) in [6, 6.07) is 4.41. The van der Waals surface area contributed by atoms with Gasteiger partial charge in [0.25, 0.3) is 0 Å². The first kappa shape index (κ1) is 18.8. The largest absolute Gasteiger partial charge is 0.410 e. The van der Waals surface area contributed by atoms with Crippen LogP contribution in [-0.2, 0) is 0 Å². The highest BCUT2D eigenvalue weighted by Gasteiger charge is 2.47. The van der Waals surface area contributed by atoms with Crippen LogP contribution < -0.4 is 5.32 Å². The lowest BCUT2D eigenvalue weighted by molar-refractivity contribution is -0.173. The predicted octanol–water partition coefficient (Wildman–Crippen LogP) is 5.25. The molecule has 0 radical (unpaired) electrons. The van der Waals surface area contributed by atoms with Crippen LogP contribution >= 0.6 is 23.1 Å². The van der Waals surface area contributed by atoms with Crippen LogP contribution in [0.3, 0.4) is 0 Å². The SMILES string of the molecule is FC(F)(F)[C@H]1C[C@@H](c2cccs2)Nc2cc(C3CCCN3C3CCSC3)nn21. The van der Waals surface area contributed by atoms with Crippen molar-refractivity contribution in [1.82, 2.24) is 14.7 Å². The molecule has 0 bridgehead atoms. The van der Waals surface area contributed by atoms with Gasteiger partial charge >= 0.3 is 6.18 Å². The fraction of sp³-hybridized carbons (Fsp3) is 0.632. The quantitative estimate of drug-likeness (QED) is 0.724. The van der Waals surface area contributed by atoms with Gasteiger partial charge in [-0.15, -0.1) is 11.3 Å². The Hall–Kier alpha value is -1.19. The van der Waals surface area contributed by atoms with Crippen molar-refractivity contribution in [3.63, 3.8) is 0 Å². The Bertz CT molecular complexity index is 814. The maximum atomic E-state index is 13.8. The number of fused-ring (bicyclic) bond motifs is 1. The second kappa shape index (κ2) is 7.25. The lowest BCUT2D eigenvalue weighted by Crippen LogP contribution is -2.36. The fourth-order valence-electron chi connectivity index (χ4n) is 4.76. The van der Waals surface area contributed by atoms with E-state index >= 15 is 0 Å². The molecule has 0 amide bonds. The topological polar surface area (TPSA) is 33.1 Å². The van der Waals surface area contributed by atoms with Crippen LogP contribution in [0.25, 0.3) is 0 Å². The number of rotatable bonds is 3. The van der Waals surface area contributed by atoms with E-state index in [1.807, 2.05) is 35.3 Å². The van der Waals surface area contributed by atoms with Crippen LogP contribution in [0.15, 0.2) is 23.6 Å². The third-order valence-corrected chi connectivity index (χ3v) is 8.24. The first-order valence-electron chi connectivity index (χ1n) is 9.80. The fourth-order valence-corrected chi connectivity index (χ4v) is 6.79. The first-order chi connectivity index (χ1) is 13.5. The number of nitrogens with one attached hydrogen (secondary N) is 1. The molecular weight excluding hydrogens is 405 g/mol. The number of thioether (sulfide) groups is 1. The molecule has 0 aromatic carbocycles. The monoisotopic (exact) mass is 428 g/mol. The summed E-state index contributed by atoms with van der Waals surface area (Å²) in [7, 11) is 0. The van der Waals surface area contributed by atoms with Crippen molar-refractivity contribution >= 4 is 28.9 Å². The van der Waals surface area contributed by atoms with Crippen LogP contribution in [0.4, 0.5) is 19.0 Å². The van der Waals surface area contributed by atoms with E-state index in [-0.39, 0.29) is 18.5 Å². The van der Waals surface area contributed by atoms with Gasteiger partial charge in [-0.05, 0) is 43.0 Å². The summed E-state index contributed by atoms with van der Waals surface area (Å²) in [4.78, 5) is 3.42. The maximum absolute atomic E-state index is 13.8. The molecule has 0 aliphatic carbocycles. The number of alkyl halides is 3. The van der Waals surface area contributed by atoms with Crippen molar-refractivity contribution in [3.8, 4) is 0 Å². The van der Waals surface area contributed by atoms with Crippen LogP contribution in [0.1, 0.15) is 54.4 Å². The van der Waals surface area contributed by atoms with E-state index in [1.54, 1.807) is 0 Å². The molecule has 1 N–H and O–H groups in total. The van der Waals surface area contributed by atoms with E-state index in [2.05, 4.69) is 15.3 Å². The highest BCUT2D eigenvalue weighted by molar-refractivity contribution is 7.99. The summed E-state index contributed by atoms with van der Waals surface area (Å²) >= 11 is 3.46. The Morgan fingerprint density at radius 2 is 2.14 bits per heavy atom. The van der Waals surface area contributed by atoms with Gasteiger partial charge in [-0.2, -0.15) is 30.0 Å². The average molecular weight is 429 g/mol. The summed E-state index contributed by atoms with van der Waals surface area (Å²) in [5.41, 5.74) is 0.790. The van der Waals surface area contributed by atoms with E-state index in [4.69, 9.17) is 0 Å². The molecule has 2 aromatic rings. The molecule has 9 heteroatoms. The second-order valence-electron chi connectivity index (χ2n) is 7.82. The number of halogens is 3. The summed E-state index contributed by atoms with van der Waals surface area (Å²) in [5, 5.41) is 9.73. The number of hydrogen-bond acceptors (Lipinski definition) is 5. The highest BCUT2D eigenvalue weighted by Crippen LogP contribution is 2.46. The molecule has 5 rings (SSSR count). The number of nitrogens with zero attached hydrogens (tertiary/aromatic N) is 3. The number of aromatic nitrogens is 2. The molecule has 4 nitrogen and oxygen atoms in total. The highest BCUT2D eigenvalue weighted by atomic mass is 32.2. The first-order valence-corrected chi connectivity index (χ1v) is 11.8. The number of thiophene rings is 1. The minimum Gasteiger partial charge on any atom is -0.363 e. The van der Waals surface area contributed by atoms with E-state index in [0.29, 0.717) is 11.9 Å². The third-order valence-electron chi connectivity index (χ3n) is 6.11. The van der Waals surface area contributed by atoms with Gasteiger partial charge in [0.2, 0.25) is 0 Å². The van der Waals surface area contributed by atoms with Crippen LogP contribution in [0.2, 0.25) is 0 Å². The predicted molar refractivity (Wildman–Crippen MR) is 107 cm³/mol. The van der Waals surface area contributed by atoms with Gasteiger partial charge in [0.1, 0.15) is 5.82 Å². The molecule has 4 atom stereocenters. The van der Waals surface area contributed by atoms with E-state index in [0.717, 1.165) is 35.7 Å². The van der Waals surface area contributed by atoms with Crippen LogP contribution in [0.5, 0.6) is 0 Å². The molecule has 2 unspecified atom stereocenters. The van der Waals surface area contributed by atoms with Crippen molar-refractivity contribution in [3.05, 3.63) is 34.2 Å². The standard InChI is InChI=1S/C19H23F3N4S2/c20-19(21,22)17-9-14(16-4-2-7-28-16)23-18-10-13(24-26(17)18)15-3-1-6-25(15)12-5-8-27-11-12/h2,4,7,10,12,14-15,17,23H,1,3,5-6,8-9,11H2/t12?,14-,15?,17+/m0/s1. The normalized spacial score (nSPS) is 31.1. The Balaban J connectivity index is 1.47. The van der Waals surface area contributed by atoms with Gasteiger partial charge < -0.3 is 5.32 Å². The lowest BCUT2D eigenvalue weighted by Gasteiger charge is -2.32. The zero-order valence-electron chi connectivity index (χ0n) is 15.4. The van der Waals surface area contributed by atoms with Crippen molar-refractivity contribution in [2.24, 2.45) is 0 Å². The molecule has 0 spiro atoms. The Labute approximate surface area is 170 Å². The van der Waals surface area contributed by atoms with Gasteiger partial charge in [0, 0.05) is 29.2 Å². The summed E-state index contributed by atoms with van der Waals surface area (Å²) < 4.78 is 42.7. The molecule has 2 saturated heterocycles. The van der Waals surface area contributed by atoms with E-state index < -0.39 is 12.2 Å². The minimum absolute atomic E-state index is 0.0220. The summed E-state index contributed by atoms with van der Waals surface area (Å²) in [5.74, 6) is 2.79. The van der Waals surface area contributed by atoms with Crippen LogP contribution in [0, 0.1) is 0 Å². The second-order valence-corrected chi connectivity index (χ2v) is 9.95. The molecule has 152 valence electrons. The maximum Gasteiger partial charge on any atom is 0.410 e. The van der Waals surface area contributed by atoms with Crippen molar-refractivity contribution in [2.75, 3.05) is 23.4 Å². The zero-order valence-corrected chi connectivity index (χ0v) is 17.0. The van der Waals surface area contributed by atoms with E-state index in [1.165, 1.54) is 28.2 Å². The molecule has 3 aliphatic heterocycles. The van der Waals surface area contributed by atoms with Gasteiger partial charge in [-0.25, -0.2) is 4.68 Å². The van der Waals surface area contributed by atoms with Crippen molar-refractivity contribution in [1.29, 1.82) is 0 Å². The number of hydrogen-bond donors (Lipinski definition) is 1. The van der Waals surface area contributed by atoms with Crippen molar-refractivity contribution in [2.45, 2.75) is 56.0 Å². The molecule has 5 heterocycles.